The lowest BCUT2D eigenvalue weighted by Crippen LogP contribution is -2.36. The molecule has 2 unspecified atom stereocenters. The highest BCUT2D eigenvalue weighted by Crippen LogP contribution is 2.32. The van der Waals surface area contributed by atoms with Crippen LogP contribution < -0.4 is 5.32 Å². The topological polar surface area (TPSA) is 73.9 Å². The average molecular weight is 349 g/mol. The first-order valence-corrected chi connectivity index (χ1v) is 8.83. The SMILES string of the molecule is COCCOC(=O)C1CCCCC1C(=O)OCCNc1ccccc1. The maximum Gasteiger partial charge on any atom is 0.309 e. The maximum atomic E-state index is 12.4. The minimum Gasteiger partial charge on any atom is -0.464 e. The van der Waals surface area contributed by atoms with Crippen molar-refractivity contribution in [3.63, 3.8) is 0 Å². The van der Waals surface area contributed by atoms with E-state index in [0.717, 1.165) is 18.5 Å². The highest BCUT2D eigenvalue weighted by Gasteiger charge is 2.37. The van der Waals surface area contributed by atoms with Crippen LogP contribution in [0.5, 0.6) is 0 Å². The maximum absolute atomic E-state index is 12.4. The number of hydrogen-bond donors (Lipinski definition) is 1. The van der Waals surface area contributed by atoms with Crippen LogP contribution in [0.15, 0.2) is 30.3 Å². The predicted octanol–water partition coefficient (Wildman–Crippen LogP) is 2.64. The van der Waals surface area contributed by atoms with Gasteiger partial charge in [-0.1, -0.05) is 31.0 Å². The summed E-state index contributed by atoms with van der Waals surface area (Å²) in [6.07, 6.45) is 3.22. The summed E-state index contributed by atoms with van der Waals surface area (Å²) in [4.78, 5) is 24.6. The smallest absolute Gasteiger partial charge is 0.309 e. The second kappa shape index (κ2) is 10.7. The van der Waals surface area contributed by atoms with Crippen molar-refractivity contribution in [3.8, 4) is 0 Å². The van der Waals surface area contributed by atoms with Crippen LogP contribution in [-0.2, 0) is 23.8 Å². The van der Waals surface area contributed by atoms with E-state index in [0.29, 0.717) is 26.0 Å². The minimum absolute atomic E-state index is 0.217. The van der Waals surface area contributed by atoms with E-state index in [1.165, 1.54) is 0 Å². The van der Waals surface area contributed by atoms with Crippen LogP contribution in [0.1, 0.15) is 25.7 Å². The molecule has 138 valence electrons. The summed E-state index contributed by atoms with van der Waals surface area (Å²) >= 11 is 0. The van der Waals surface area contributed by atoms with E-state index in [1.807, 2.05) is 30.3 Å². The fourth-order valence-electron chi connectivity index (χ4n) is 3.04. The number of rotatable bonds is 9. The predicted molar refractivity (Wildman–Crippen MR) is 94.2 cm³/mol. The van der Waals surface area contributed by atoms with Gasteiger partial charge in [-0.05, 0) is 25.0 Å². The normalized spacial score (nSPS) is 19.9. The Labute approximate surface area is 148 Å². The fraction of sp³-hybridized carbons (Fsp3) is 0.579. The molecule has 0 radical (unpaired) electrons. The summed E-state index contributed by atoms with van der Waals surface area (Å²) in [5.41, 5.74) is 0.982. The van der Waals surface area contributed by atoms with Crippen molar-refractivity contribution in [3.05, 3.63) is 30.3 Å². The molecular formula is C19H27NO5. The quantitative estimate of drug-likeness (QED) is 0.546. The molecule has 1 aromatic rings. The monoisotopic (exact) mass is 349 g/mol. The first-order chi connectivity index (χ1) is 12.2. The molecule has 25 heavy (non-hydrogen) atoms. The number of hydrogen-bond acceptors (Lipinski definition) is 6. The molecule has 0 heterocycles. The van der Waals surface area contributed by atoms with Gasteiger partial charge in [0.2, 0.25) is 0 Å². The van der Waals surface area contributed by atoms with Crippen LogP contribution in [0.25, 0.3) is 0 Å². The molecule has 1 saturated carbocycles. The first-order valence-electron chi connectivity index (χ1n) is 8.83. The Morgan fingerprint density at radius 1 is 0.960 bits per heavy atom. The Hall–Kier alpha value is -2.08. The van der Waals surface area contributed by atoms with Crippen LogP contribution in [-0.4, -0.2) is 45.4 Å². The Morgan fingerprint density at radius 3 is 2.16 bits per heavy atom. The third-order valence-corrected chi connectivity index (χ3v) is 4.35. The second-order valence-electron chi connectivity index (χ2n) is 6.12. The van der Waals surface area contributed by atoms with Gasteiger partial charge in [0, 0.05) is 19.3 Å². The number of carbonyl (C=O) groups is 2. The summed E-state index contributed by atoms with van der Waals surface area (Å²) in [5, 5.41) is 3.19. The van der Waals surface area contributed by atoms with E-state index in [1.54, 1.807) is 7.11 Å². The molecule has 0 amide bonds. The van der Waals surface area contributed by atoms with Gasteiger partial charge in [-0.15, -0.1) is 0 Å². The molecule has 2 rings (SSSR count). The summed E-state index contributed by atoms with van der Waals surface area (Å²) in [6, 6.07) is 9.73. The fourth-order valence-corrected chi connectivity index (χ4v) is 3.04. The largest absolute Gasteiger partial charge is 0.464 e. The molecule has 1 N–H and O–H groups in total. The van der Waals surface area contributed by atoms with Gasteiger partial charge in [0.1, 0.15) is 13.2 Å². The van der Waals surface area contributed by atoms with Crippen molar-refractivity contribution in [2.45, 2.75) is 25.7 Å². The molecule has 6 nitrogen and oxygen atoms in total. The van der Waals surface area contributed by atoms with Gasteiger partial charge >= 0.3 is 11.9 Å². The molecule has 1 aliphatic carbocycles. The number of esters is 2. The third kappa shape index (κ3) is 6.38. The Morgan fingerprint density at radius 2 is 1.56 bits per heavy atom. The number of nitrogens with one attached hydrogen (secondary N) is 1. The molecule has 0 aliphatic heterocycles. The van der Waals surface area contributed by atoms with Gasteiger partial charge in [-0.2, -0.15) is 0 Å². The van der Waals surface area contributed by atoms with E-state index in [9.17, 15) is 9.59 Å². The minimum atomic E-state index is -0.403. The van der Waals surface area contributed by atoms with Crippen LogP contribution >= 0.6 is 0 Å². The van der Waals surface area contributed by atoms with E-state index in [-0.39, 0.29) is 25.2 Å². The van der Waals surface area contributed by atoms with Crippen molar-refractivity contribution in [2.75, 3.05) is 38.8 Å². The molecule has 2 atom stereocenters. The highest BCUT2D eigenvalue weighted by molar-refractivity contribution is 5.82. The number of benzene rings is 1. The molecule has 0 bridgehead atoms. The number of anilines is 1. The number of ether oxygens (including phenoxy) is 3. The average Bonchev–Trinajstić information content (AvgIpc) is 2.66. The van der Waals surface area contributed by atoms with Crippen LogP contribution in [0.4, 0.5) is 5.69 Å². The molecule has 0 spiro atoms. The molecule has 1 aromatic carbocycles. The van der Waals surface area contributed by atoms with E-state index in [4.69, 9.17) is 14.2 Å². The third-order valence-electron chi connectivity index (χ3n) is 4.35. The Kier molecular flexibility index (Phi) is 8.25. The molecule has 1 aliphatic rings. The Bertz CT molecular complexity index is 534. The van der Waals surface area contributed by atoms with Crippen molar-refractivity contribution in [1.29, 1.82) is 0 Å². The molecule has 0 aromatic heterocycles. The van der Waals surface area contributed by atoms with Crippen LogP contribution in [0, 0.1) is 11.8 Å². The van der Waals surface area contributed by atoms with E-state index in [2.05, 4.69) is 5.32 Å². The van der Waals surface area contributed by atoms with Crippen LogP contribution in [0.2, 0.25) is 0 Å². The Balaban J connectivity index is 1.76. The van der Waals surface area contributed by atoms with Gasteiger partial charge < -0.3 is 19.5 Å². The molecule has 1 fully saturated rings. The zero-order valence-electron chi connectivity index (χ0n) is 14.7. The number of methoxy groups -OCH3 is 1. The zero-order valence-corrected chi connectivity index (χ0v) is 14.7. The molecular weight excluding hydrogens is 322 g/mol. The van der Waals surface area contributed by atoms with Crippen molar-refractivity contribution in [1.82, 2.24) is 0 Å². The molecule has 6 heteroatoms. The summed E-state index contributed by atoms with van der Waals surface area (Å²) in [5.74, 6) is -1.43. The van der Waals surface area contributed by atoms with E-state index < -0.39 is 11.8 Å². The lowest BCUT2D eigenvalue weighted by molar-refractivity contribution is -0.163. The van der Waals surface area contributed by atoms with Gasteiger partial charge in [0.05, 0.1) is 18.4 Å². The van der Waals surface area contributed by atoms with Crippen molar-refractivity contribution < 1.29 is 23.8 Å². The summed E-state index contributed by atoms with van der Waals surface area (Å²) in [6.45, 7) is 1.38. The van der Waals surface area contributed by atoms with Gasteiger partial charge in [0.15, 0.2) is 0 Å². The highest BCUT2D eigenvalue weighted by atomic mass is 16.6. The first kappa shape index (κ1) is 19.2. The lowest BCUT2D eigenvalue weighted by Gasteiger charge is -2.28. The van der Waals surface area contributed by atoms with Crippen molar-refractivity contribution >= 4 is 17.6 Å². The summed E-state index contributed by atoms with van der Waals surface area (Å²) in [7, 11) is 1.55. The van der Waals surface area contributed by atoms with Crippen LogP contribution in [0.3, 0.4) is 0 Å². The second-order valence-corrected chi connectivity index (χ2v) is 6.12. The summed E-state index contributed by atoms with van der Waals surface area (Å²) < 4.78 is 15.5. The van der Waals surface area contributed by atoms with Gasteiger partial charge in [-0.25, -0.2) is 0 Å². The zero-order chi connectivity index (χ0) is 17.9. The molecule has 0 saturated heterocycles. The van der Waals surface area contributed by atoms with Crippen molar-refractivity contribution in [2.24, 2.45) is 11.8 Å². The number of carbonyl (C=O) groups excluding carboxylic acids is 2. The lowest BCUT2D eigenvalue weighted by atomic mass is 9.79. The van der Waals surface area contributed by atoms with Gasteiger partial charge in [-0.3, -0.25) is 9.59 Å². The standard InChI is InChI=1S/C19H27NO5/c1-23-13-14-25-19(22)17-10-6-5-9-16(17)18(21)24-12-11-20-15-7-3-2-4-8-15/h2-4,7-8,16-17,20H,5-6,9-14H2,1H3. The van der Waals surface area contributed by atoms with E-state index >= 15 is 0 Å². The van der Waals surface area contributed by atoms with Gasteiger partial charge in [0.25, 0.3) is 0 Å². The number of para-hydroxylation sites is 1.